The Morgan fingerprint density at radius 3 is 1.51 bits per heavy atom. The van der Waals surface area contributed by atoms with Gasteiger partial charge in [-0.15, -0.1) is 0 Å². The van der Waals surface area contributed by atoms with Crippen molar-refractivity contribution in [2.75, 3.05) is 6.61 Å². The van der Waals surface area contributed by atoms with Crippen molar-refractivity contribution in [1.29, 1.82) is 0 Å². The van der Waals surface area contributed by atoms with Gasteiger partial charge in [-0.25, -0.2) is 4.79 Å². The van der Waals surface area contributed by atoms with E-state index >= 15 is 0 Å². The fraction of sp³-hybridized carbons (Fsp3) is 0.852. The quantitative estimate of drug-likeness (QED) is 0.101. The number of unbranched alkanes of at least 4 members (excludes halogenated alkanes) is 14. The summed E-state index contributed by atoms with van der Waals surface area (Å²) in [4.78, 5) is 47.2. The normalized spacial score (nSPS) is 12.7. The summed E-state index contributed by atoms with van der Waals surface area (Å²) in [5, 5.41) is 19.6. The van der Waals surface area contributed by atoms with Crippen molar-refractivity contribution in [1.82, 2.24) is 0 Å². The Bertz CT molecular complexity index is 604. The number of aliphatic hydroxyl groups is 1. The number of aliphatic carboxylic acids is 1. The van der Waals surface area contributed by atoms with Crippen LogP contribution >= 0.6 is 0 Å². The summed E-state index contributed by atoms with van der Waals surface area (Å²) in [7, 11) is 0. The largest absolute Gasteiger partial charge is 0.479 e. The zero-order chi connectivity index (χ0) is 26.4. The summed E-state index contributed by atoms with van der Waals surface area (Å²) >= 11 is 0. The Balaban J connectivity index is 4.07. The third-order valence-corrected chi connectivity index (χ3v) is 5.99. The van der Waals surface area contributed by atoms with Crippen LogP contribution in [0.2, 0.25) is 0 Å². The number of esters is 3. The van der Waals surface area contributed by atoms with Crippen LogP contribution in [-0.2, 0) is 28.7 Å². The standard InChI is InChI=1S/C27H48O8/c1-3-5-7-9-10-11-12-13-14-16-18-20-34-24(29)21-27(33,26(31)32)22-25(30)35-23(28)19-17-15-8-6-4-2/h33H,3-22H2,1-2H3,(H,31,32). The molecule has 0 fully saturated rings. The van der Waals surface area contributed by atoms with Gasteiger partial charge in [-0.1, -0.05) is 104 Å². The summed E-state index contributed by atoms with van der Waals surface area (Å²) in [5.41, 5.74) is -2.67. The number of carboxylic acids is 1. The Morgan fingerprint density at radius 2 is 1.03 bits per heavy atom. The molecule has 8 heteroatoms. The molecule has 0 radical (unpaired) electrons. The van der Waals surface area contributed by atoms with Crippen LogP contribution < -0.4 is 0 Å². The number of rotatable bonds is 23. The smallest absolute Gasteiger partial charge is 0.336 e. The molecule has 2 N–H and O–H groups in total. The average molecular weight is 501 g/mol. The highest BCUT2D eigenvalue weighted by Gasteiger charge is 2.42. The Morgan fingerprint density at radius 1 is 0.600 bits per heavy atom. The second-order valence-corrected chi connectivity index (χ2v) is 9.46. The van der Waals surface area contributed by atoms with E-state index in [1.165, 1.54) is 44.9 Å². The molecule has 8 nitrogen and oxygen atoms in total. The lowest BCUT2D eigenvalue weighted by molar-refractivity contribution is -0.175. The monoisotopic (exact) mass is 500 g/mol. The minimum atomic E-state index is -2.67. The van der Waals surface area contributed by atoms with Gasteiger partial charge in [0.05, 0.1) is 19.4 Å². The van der Waals surface area contributed by atoms with Gasteiger partial charge in [0.15, 0.2) is 5.60 Å². The lowest BCUT2D eigenvalue weighted by Gasteiger charge is -2.21. The zero-order valence-corrected chi connectivity index (χ0v) is 22.0. The SMILES string of the molecule is CCCCCCCCCCCCCOC(=O)CC(O)(CC(=O)OC(=O)CCCCCCC)C(=O)O. The second kappa shape index (κ2) is 21.3. The van der Waals surface area contributed by atoms with E-state index in [-0.39, 0.29) is 13.0 Å². The van der Waals surface area contributed by atoms with Crippen LogP contribution in [0.1, 0.15) is 136 Å². The summed E-state index contributed by atoms with van der Waals surface area (Å²) in [6, 6.07) is 0. The first kappa shape index (κ1) is 33.0. The van der Waals surface area contributed by atoms with Crippen LogP contribution in [0.25, 0.3) is 0 Å². The maximum atomic E-state index is 12.0. The van der Waals surface area contributed by atoms with E-state index in [9.17, 15) is 29.4 Å². The van der Waals surface area contributed by atoms with Gasteiger partial charge in [-0.3, -0.25) is 14.4 Å². The molecule has 0 aromatic carbocycles. The van der Waals surface area contributed by atoms with Crippen LogP contribution in [0.5, 0.6) is 0 Å². The number of hydrogen-bond acceptors (Lipinski definition) is 7. The van der Waals surface area contributed by atoms with E-state index in [2.05, 4.69) is 18.6 Å². The minimum Gasteiger partial charge on any atom is -0.479 e. The van der Waals surface area contributed by atoms with E-state index in [0.717, 1.165) is 44.9 Å². The van der Waals surface area contributed by atoms with Gasteiger partial charge >= 0.3 is 23.9 Å². The van der Waals surface area contributed by atoms with E-state index in [1.54, 1.807) is 0 Å². The van der Waals surface area contributed by atoms with Crippen LogP contribution in [0.3, 0.4) is 0 Å². The minimum absolute atomic E-state index is 0.0436. The highest BCUT2D eigenvalue weighted by Crippen LogP contribution is 2.19. The molecule has 0 aromatic heterocycles. The molecule has 0 heterocycles. The summed E-state index contributed by atoms with van der Waals surface area (Å²) < 4.78 is 9.65. The number of carbonyl (C=O) groups excluding carboxylic acids is 3. The van der Waals surface area contributed by atoms with Gasteiger partial charge < -0.3 is 19.7 Å². The molecular weight excluding hydrogens is 452 g/mol. The van der Waals surface area contributed by atoms with Crippen molar-refractivity contribution in [2.45, 2.75) is 141 Å². The predicted molar refractivity (Wildman–Crippen MR) is 134 cm³/mol. The van der Waals surface area contributed by atoms with Crippen LogP contribution in [0.15, 0.2) is 0 Å². The van der Waals surface area contributed by atoms with Crippen LogP contribution in [-0.4, -0.2) is 46.3 Å². The molecule has 1 atom stereocenters. The number of ether oxygens (including phenoxy) is 2. The summed E-state index contributed by atoms with van der Waals surface area (Å²) in [6.07, 6.45) is 15.3. The lowest BCUT2D eigenvalue weighted by atomic mass is 9.96. The third-order valence-electron chi connectivity index (χ3n) is 5.99. The van der Waals surface area contributed by atoms with Gasteiger partial charge in [-0.2, -0.15) is 0 Å². The average Bonchev–Trinajstić information content (AvgIpc) is 2.79. The second-order valence-electron chi connectivity index (χ2n) is 9.46. The van der Waals surface area contributed by atoms with Gasteiger partial charge in [0.2, 0.25) is 0 Å². The van der Waals surface area contributed by atoms with Gasteiger partial charge in [-0.05, 0) is 12.8 Å². The summed E-state index contributed by atoms with van der Waals surface area (Å²) in [6.45, 7) is 4.42. The number of carbonyl (C=O) groups is 4. The molecule has 0 aliphatic rings. The Labute approximate surface area is 211 Å². The van der Waals surface area contributed by atoms with Crippen LogP contribution in [0.4, 0.5) is 0 Å². The molecule has 0 rings (SSSR count). The maximum Gasteiger partial charge on any atom is 0.336 e. The van der Waals surface area contributed by atoms with Gasteiger partial charge in [0.1, 0.15) is 0 Å². The van der Waals surface area contributed by atoms with Crippen molar-refractivity contribution in [3.63, 3.8) is 0 Å². The molecule has 0 aromatic rings. The molecule has 0 aliphatic heterocycles. The molecule has 0 amide bonds. The Kier molecular flexibility index (Phi) is 20.1. The highest BCUT2D eigenvalue weighted by atomic mass is 16.6. The Hall–Kier alpha value is -1.96. The molecule has 0 bridgehead atoms. The van der Waals surface area contributed by atoms with E-state index in [0.29, 0.717) is 12.8 Å². The molecule has 0 saturated carbocycles. The summed E-state index contributed by atoms with van der Waals surface area (Å²) in [5.74, 6) is -4.59. The van der Waals surface area contributed by atoms with Crippen LogP contribution in [0, 0.1) is 0 Å². The topological polar surface area (TPSA) is 127 Å². The van der Waals surface area contributed by atoms with Crippen molar-refractivity contribution < 1.29 is 38.9 Å². The van der Waals surface area contributed by atoms with E-state index < -0.39 is 42.3 Å². The maximum absolute atomic E-state index is 12.0. The van der Waals surface area contributed by atoms with Gasteiger partial charge in [0.25, 0.3) is 0 Å². The van der Waals surface area contributed by atoms with E-state index in [1.807, 2.05) is 0 Å². The number of hydrogen-bond donors (Lipinski definition) is 2. The zero-order valence-electron chi connectivity index (χ0n) is 22.0. The first-order valence-electron chi connectivity index (χ1n) is 13.6. The predicted octanol–water partition coefficient (Wildman–Crippen LogP) is 5.87. The fourth-order valence-corrected chi connectivity index (χ4v) is 3.78. The first-order valence-corrected chi connectivity index (χ1v) is 13.6. The molecule has 204 valence electrons. The van der Waals surface area contributed by atoms with Crippen molar-refractivity contribution in [3.05, 3.63) is 0 Å². The van der Waals surface area contributed by atoms with Crippen molar-refractivity contribution in [2.24, 2.45) is 0 Å². The molecule has 0 aliphatic carbocycles. The molecule has 0 saturated heterocycles. The molecule has 0 spiro atoms. The van der Waals surface area contributed by atoms with Gasteiger partial charge in [0, 0.05) is 6.42 Å². The molecule has 1 unspecified atom stereocenters. The van der Waals surface area contributed by atoms with E-state index in [4.69, 9.17) is 4.74 Å². The third kappa shape index (κ3) is 19.0. The van der Waals surface area contributed by atoms with Crippen molar-refractivity contribution in [3.8, 4) is 0 Å². The fourth-order valence-electron chi connectivity index (χ4n) is 3.78. The highest BCUT2D eigenvalue weighted by molar-refractivity contribution is 5.92. The first-order chi connectivity index (χ1) is 16.7. The lowest BCUT2D eigenvalue weighted by Crippen LogP contribution is -2.43. The number of carboxylic acid groups (broad SMARTS) is 1. The molecular formula is C27H48O8. The van der Waals surface area contributed by atoms with Crippen molar-refractivity contribution >= 4 is 23.9 Å². The molecule has 35 heavy (non-hydrogen) atoms.